The average molecular weight is 573 g/mol. The summed E-state index contributed by atoms with van der Waals surface area (Å²) in [6.07, 6.45) is 10.9. The van der Waals surface area contributed by atoms with Crippen LogP contribution in [0, 0.1) is 0 Å². The number of benzene rings is 4. The van der Waals surface area contributed by atoms with Gasteiger partial charge in [-0.25, -0.2) is 0 Å². The van der Waals surface area contributed by atoms with Gasteiger partial charge in [-0.2, -0.15) is 0 Å². The monoisotopic (exact) mass is 572 g/mol. The molecule has 4 aromatic carbocycles. The molecule has 2 aliphatic heterocycles. The predicted octanol–water partition coefficient (Wildman–Crippen LogP) is 7.91. The van der Waals surface area contributed by atoms with Crippen molar-refractivity contribution in [1.82, 2.24) is 10.3 Å². The Kier molecular flexibility index (Phi) is 6.40. The van der Waals surface area contributed by atoms with Crippen molar-refractivity contribution >= 4 is 18.2 Å². The number of rotatable bonds is 6. The van der Waals surface area contributed by atoms with Gasteiger partial charge in [0, 0.05) is 30.9 Å². The lowest BCUT2D eigenvalue weighted by Crippen LogP contribution is -2.35. The van der Waals surface area contributed by atoms with Crippen LogP contribution in [0.3, 0.4) is 0 Å². The van der Waals surface area contributed by atoms with E-state index in [0.717, 1.165) is 51.8 Å². The third kappa shape index (κ3) is 4.88. The van der Waals surface area contributed by atoms with Crippen molar-refractivity contribution in [2.45, 2.75) is 31.5 Å². The Hall–Kier alpha value is -4.71. The molecule has 3 aliphatic rings. The lowest BCUT2D eigenvalue weighted by molar-refractivity contribution is 0.187. The number of nitrogens with zero attached hydrogens (tertiary/aromatic N) is 1. The summed E-state index contributed by atoms with van der Waals surface area (Å²) in [5.74, 6) is 0. The van der Waals surface area contributed by atoms with E-state index in [1.165, 1.54) is 22.3 Å². The molecule has 214 valence electrons. The molecular weight excluding hydrogens is 539 g/mol. The van der Waals surface area contributed by atoms with Gasteiger partial charge in [-0.05, 0) is 118 Å². The quantitative estimate of drug-likeness (QED) is 0.210. The highest BCUT2D eigenvalue weighted by atomic mass is 16.7. The Morgan fingerprint density at radius 3 is 1.80 bits per heavy atom. The first-order valence-electron chi connectivity index (χ1n) is 15.3. The third-order valence-corrected chi connectivity index (χ3v) is 9.39. The number of hydrogen-bond donors (Lipinski definition) is 1. The van der Waals surface area contributed by atoms with Crippen molar-refractivity contribution in [2.24, 2.45) is 0 Å². The molecule has 2 fully saturated rings. The molecule has 3 heterocycles. The maximum atomic E-state index is 6.37. The van der Waals surface area contributed by atoms with Crippen molar-refractivity contribution in [3.05, 3.63) is 139 Å². The van der Waals surface area contributed by atoms with Crippen LogP contribution in [-0.4, -0.2) is 29.8 Å². The largest absolute Gasteiger partial charge is 0.494 e. The van der Waals surface area contributed by atoms with Crippen molar-refractivity contribution in [3.63, 3.8) is 0 Å². The van der Waals surface area contributed by atoms with Gasteiger partial charge >= 0.3 is 7.12 Å². The first-order chi connectivity index (χ1) is 21.5. The summed E-state index contributed by atoms with van der Waals surface area (Å²) in [5, 5.41) is 3.34. The van der Waals surface area contributed by atoms with Crippen molar-refractivity contribution in [1.29, 1.82) is 0 Å². The van der Waals surface area contributed by atoms with Gasteiger partial charge in [-0.1, -0.05) is 72.8 Å². The highest BCUT2D eigenvalue weighted by Gasteiger charge is 2.71. The van der Waals surface area contributed by atoms with E-state index in [1.807, 2.05) is 24.7 Å². The topological polar surface area (TPSA) is 43.4 Å². The number of fused-ring (bicyclic) bond motifs is 1. The summed E-state index contributed by atoms with van der Waals surface area (Å²) in [6, 6.07) is 37.2. The normalized spacial score (nSPS) is 21.9. The zero-order valence-electron chi connectivity index (χ0n) is 25.0. The van der Waals surface area contributed by atoms with Gasteiger partial charge in [0.05, 0.1) is 11.2 Å². The van der Waals surface area contributed by atoms with Crippen molar-refractivity contribution in [2.75, 3.05) is 6.54 Å². The van der Waals surface area contributed by atoms with Crippen LogP contribution in [-0.2, 0) is 9.31 Å². The standard InChI is InChI=1S/C39H33BN2O2/c1-38-26-39(38,2)44-40(43-38)37-15-5-12-31(23-37)36-21-34(29-10-3-8-27(18-29)32-13-6-16-41-24-32)20-35(22-36)30-11-4-9-28(19-30)33-14-7-17-42-25-33/h3-24,42H,25-26H2,1-2H3/t38-,39+. The van der Waals surface area contributed by atoms with Crippen LogP contribution in [0.2, 0.25) is 0 Å². The summed E-state index contributed by atoms with van der Waals surface area (Å²) in [7, 11) is -0.347. The van der Waals surface area contributed by atoms with E-state index >= 15 is 0 Å². The minimum Gasteiger partial charge on any atom is -0.399 e. The molecule has 0 amide bonds. The van der Waals surface area contributed by atoms with Crippen LogP contribution in [0.1, 0.15) is 25.8 Å². The molecule has 2 atom stereocenters. The van der Waals surface area contributed by atoms with Crippen LogP contribution < -0.4 is 10.8 Å². The van der Waals surface area contributed by atoms with E-state index in [9.17, 15) is 0 Å². The minimum atomic E-state index is -0.347. The summed E-state index contributed by atoms with van der Waals surface area (Å²) in [5.41, 5.74) is 12.4. The van der Waals surface area contributed by atoms with Gasteiger partial charge in [-0.3, -0.25) is 4.98 Å². The number of nitrogens with one attached hydrogen (secondary N) is 1. The Morgan fingerprint density at radius 2 is 1.18 bits per heavy atom. The van der Waals surface area contributed by atoms with E-state index in [4.69, 9.17) is 9.31 Å². The first kappa shape index (κ1) is 26.9. The smallest absolute Gasteiger partial charge is 0.399 e. The fourth-order valence-electron chi connectivity index (χ4n) is 6.53. The fraction of sp³-hybridized carbons (Fsp3) is 0.154. The van der Waals surface area contributed by atoms with Crippen LogP contribution in [0.15, 0.2) is 134 Å². The molecule has 5 heteroatoms. The number of aromatic nitrogens is 1. The van der Waals surface area contributed by atoms with E-state index in [-0.39, 0.29) is 18.3 Å². The molecule has 1 saturated carbocycles. The summed E-state index contributed by atoms with van der Waals surface area (Å²) < 4.78 is 12.7. The molecular formula is C39H33BN2O2. The number of pyridine rings is 1. The van der Waals surface area contributed by atoms with Crippen molar-refractivity contribution in [3.8, 4) is 44.5 Å². The highest BCUT2D eigenvalue weighted by molar-refractivity contribution is 6.62. The zero-order valence-corrected chi connectivity index (χ0v) is 25.0. The Labute approximate surface area is 259 Å². The summed E-state index contributed by atoms with van der Waals surface area (Å²) >= 11 is 0. The maximum absolute atomic E-state index is 6.37. The predicted molar refractivity (Wildman–Crippen MR) is 180 cm³/mol. The second kappa shape index (κ2) is 10.5. The SMILES string of the molecule is C[C@@]12C[C@]1(C)OB(c1cccc(-c3cc(-c4cccc(C5=CC=CNC5)c4)cc(-c4cccc(-c5cccnc5)c4)c3)c1)O2. The molecule has 8 rings (SSSR count). The molecule has 0 radical (unpaired) electrons. The third-order valence-electron chi connectivity index (χ3n) is 9.39. The zero-order chi connectivity index (χ0) is 29.7. The average Bonchev–Trinajstić information content (AvgIpc) is 3.51. The van der Waals surface area contributed by atoms with Crippen molar-refractivity contribution < 1.29 is 9.31 Å². The molecule has 1 aromatic heterocycles. The number of allylic oxidation sites excluding steroid dienone is 2. The van der Waals surface area contributed by atoms with Crippen LogP contribution >= 0.6 is 0 Å². The molecule has 4 nitrogen and oxygen atoms in total. The fourth-order valence-corrected chi connectivity index (χ4v) is 6.53. The number of hydrogen-bond acceptors (Lipinski definition) is 4. The van der Waals surface area contributed by atoms with E-state index in [0.29, 0.717) is 0 Å². The molecule has 44 heavy (non-hydrogen) atoms. The lowest BCUT2D eigenvalue weighted by atomic mass is 9.77. The van der Waals surface area contributed by atoms with Gasteiger partial charge in [-0.15, -0.1) is 0 Å². The Morgan fingerprint density at radius 1 is 0.636 bits per heavy atom. The second-order valence-corrected chi connectivity index (χ2v) is 12.5. The first-order valence-corrected chi connectivity index (χ1v) is 15.3. The van der Waals surface area contributed by atoms with E-state index in [2.05, 4.69) is 133 Å². The molecule has 1 aliphatic carbocycles. The molecule has 0 bridgehead atoms. The minimum absolute atomic E-state index is 0.190. The van der Waals surface area contributed by atoms with Crippen LogP contribution in [0.4, 0.5) is 0 Å². The maximum Gasteiger partial charge on any atom is 0.494 e. The lowest BCUT2D eigenvalue weighted by Gasteiger charge is -2.16. The van der Waals surface area contributed by atoms with Gasteiger partial charge < -0.3 is 14.6 Å². The van der Waals surface area contributed by atoms with Crippen LogP contribution in [0.5, 0.6) is 0 Å². The van der Waals surface area contributed by atoms with E-state index in [1.54, 1.807) is 0 Å². The molecule has 1 saturated heterocycles. The molecule has 0 spiro atoms. The van der Waals surface area contributed by atoms with Gasteiger partial charge in [0.2, 0.25) is 0 Å². The van der Waals surface area contributed by atoms with Crippen LogP contribution in [0.25, 0.3) is 50.1 Å². The second-order valence-electron chi connectivity index (χ2n) is 12.5. The Balaban J connectivity index is 1.23. The molecule has 1 N–H and O–H groups in total. The van der Waals surface area contributed by atoms with Gasteiger partial charge in [0.15, 0.2) is 0 Å². The molecule has 0 unspecified atom stereocenters. The Bertz CT molecular complexity index is 1940. The van der Waals surface area contributed by atoms with Gasteiger partial charge in [0.1, 0.15) is 0 Å². The molecule has 5 aromatic rings. The summed E-state index contributed by atoms with van der Waals surface area (Å²) in [6.45, 7) is 5.12. The highest BCUT2D eigenvalue weighted by Crippen LogP contribution is 2.58. The summed E-state index contributed by atoms with van der Waals surface area (Å²) in [4.78, 5) is 4.34. The number of dihydropyridines is 1. The van der Waals surface area contributed by atoms with Gasteiger partial charge in [0.25, 0.3) is 0 Å². The van der Waals surface area contributed by atoms with E-state index < -0.39 is 0 Å².